The van der Waals surface area contributed by atoms with Crippen LogP contribution in [0.1, 0.15) is 32.1 Å². The fraction of sp³-hybridized carbons (Fsp3) is 0.571. The Morgan fingerprint density at radius 2 is 2.10 bits per heavy atom. The minimum atomic E-state index is -0.795. The van der Waals surface area contributed by atoms with Gasteiger partial charge < -0.3 is 11.1 Å². The first-order valence-electron chi connectivity index (χ1n) is 7.13. The second kappa shape index (κ2) is 7.04. The number of nitrogens with zero attached hydrogens (tertiary/aromatic N) is 1. The van der Waals surface area contributed by atoms with E-state index >= 15 is 0 Å². The summed E-state index contributed by atoms with van der Waals surface area (Å²) in [5.74, 6) is -0.414. The van der Waals surface area contributed by atoms with E-state index in [1.54, 1.807) is 0 Å². The quantitative estimate of drug-likeness (QED) is 0.641. The van der Waals surface area contributed by atoms with E-state index in [4.69, 9.17) is 17.3 Å². The van der Waals surface area contributed by atoms with Crippen LogP contribution in [0, 0.1) is 21.8 Å². The van der Waals surface area contributed by atoms with Crippen molar-refractivity contribution in [1.29, 1.82) is 0 Å². The van der Waals surface area contributed by atoms with Crippen LogP contribution in [-0.2, 0) is 0 Å². The van der Waals surface area contributed by atoms with Crippen LogP contribution < -0.4 is 11.1 Å². The molecule has 0 bridgehead atoms. The van der Waals surface area contributed by atoms with Gasteiger partial charge in [0.05, 0.1) is 16.0 Å². The first-order valence-corrected chi connectivity index (χ1v) is 7.50. The topological polar surface area (TPSA) is 81.2 Å². The first-order chi connectivity index (χ1) is 10.0. The molecule has 0 radical (unpaired) electrons. The molecular weight excluding hydrogens is 297 g/mol. The van der Waals surface area contributed by atoms with E-state index in [-0.39, 0.29) is 22.4 Å². The number of nitrogens with two attached hydrogens (primary N) is 1. The normalized spacial score (nSPS) is 17.5. The molecule has 7 heteroatoms. The highest BCUT2D eigenvalue weighted by atomic mass is 35.5. The third kappa shape index (κ3) is 3.83. The number of anilines is 1. The molecule has 0 heterocycles. The molecule has 0 aromatic heterocycles. The monoisotopic (exact) mass is 315 g/mol. The molecule has 116 valence electrons. The minimum Gasteiger partial charge on any atom is -0.375 e. The molecule has 0 saturated heterocycles. The van der Waals surface area contributed by atoms with Crippen LogP contribution in [0.2, 0.25) is 5.02 Å². The van der Waals surface area contributed by atoms with E-state index < -0.39 is 10.7 Å². The molecule has 21 heavy (non-hydrogen) atoms. The van der Waals surface area contributed by atoms with Crippen molar-refractivity contribution in [2.24, 2.45) is 11.7 Å². The predicted octanol–water partition coefficient (Wildman–Crippen LogP) is 3.71. The summed E-state index contributed by atoms with van der Waals surface area (Å²) < 4.78 is 13.4. The van der Waals surface area contributed by atoms with E-state index in [1.165, 1.54) is 12.5 Å². The molecule has 1 aliphatic rings. The van der Waals surface area contributed by atoms with Gasteiger partial charge in [0, 0.05) is 12.6 Å². The molecule has 1 unspecified atom stereocenters. The van der Waals surface area contributed by atoms with Crippen molar-refractivity contribution in [3.05, 3.63) is 33.1 Å². The lowest BCUT2D eigenvalue weighted by atomic mass is 9.84. The zero-order valence-electron chi connectivity index (χ0n) is 11.6. The summed E-state index contributed by atoms with van der Waals surface area (Å²) in [7, 11) is 0. The van der Waals surface area contributed by atoms with Crippen molar-refractivity contribution in [2.45, 2.75) is 38.1 Å². The van der Waals surface area contributed by atoms with Crippen LogP contribution in [0.15, 0.2) is 12.1 Å². The lowest BCUT2D eigenvalue weighted by Gasteiger charge is -2.30. The molecule has 1 aromatic rings. The van der Waals surface area contributed by atoms with Crippen LogP contribution in [0.3, 0.4) is 0 Å². The molecule has 5 nitrogen and oxygen atoms in total. The average molecular weight is 316 g/mol. The highest BCUT2D eigenvalue weighted by Gasteiger charge is 2.26. The Kier molecular flexibility index (Phi) is 5.36. The van der Waals surface area contributed by atoms with E-state index in [1.807, 2.05) is 0 Å². The van der Waals surface area contributed by atoms with Crippen molar-refractivity contribution >= 4 is 23.0 Å². The zero-order chi connectivity index (χ0) is 15.4. The SMILES string of the molecule is NCC(Nc1cc(Cl)c(F)cc1[N+](=O)[O-])C1CCCCC1. The summed E-state index contributed by atoms with van der Waals surface area (Å²) in [5, 5.41) is 14.0. The second-order valence-corrected chi connectivity index (χ2v) is 5.83. The van der Waals surface area contributed by atoms with Gasteiger partial charge in [0.15, 0.2) is 0 Å². The lowest BCUT2D eigenvalue weighted by Crippen LogP contribution is -2.37. The molecule has 1 aromatic carbocycles. The first kappa shape index (κ1) is 16.0. The Balaban J connectivity index is 2.23. The van der Waals surface area contributed by atoms with Crippen molar-refractivity contribution in [3.63, 3.8) is 0 Å². The van der Waals surface area contributed by atoms with Crippen LogP contribution in [0.4, 0.5) is 15.8 Å². The number of hydrogen-bond donors (Lipinski definition) is 2. The molecule has 0 aliphatic heterocycles. The third-order valence-corrected chi connectivity index (χ3v) is 4.34. The number of nitro benzene ring substituents is 1. The maximum atomic E-state index is 13.4. The number of benzene rings is 1. The highest BCUT2D eigenvalue weighted by molar-refractivity contribution is 6.31. The van der Waals surface area contributed by atoms with Crippen molar-refractivity contribution < 1.29 is 9.31 Å². The Morgan fingerprint density at radius 3 is 2.67 bits per heavy atom. The predicted molar refractivity (Wildman–Crippen MR) is 81.1 cm³/mol. The average Bonchev–Trinajstić information content (AvgIpc) is 2.48. The van der Waals surface area contributed by atoms with Crippen molar-refractivity contribution in [3.8, 4) is 0 Å². The summed E-state index contributed by atoms with van der Waals surface area (Å²) in [6, 6.07) is 2.05. The van der Waals surface area contributed by atoms with E-state index in [2.05, 4.69) is 5.32 Å². The van der Waals surface area contributed by atoms with Gasteiger partial charge in [0.2, 0.25) is 0 Å². The van der Waals surface area contributed by atoms with E-state index in [0.717, 1.165) is 31.7 Å². The van der Waals surface area contributed by atoms with Crippen LogP contribution in [0.25, 0.3) is 0 Å². The summed E-state index contributed by atoms with van der Waals surface area (Å²) in [5.41, 5.74) is 5.72. The number of nitro groups is 1. The van der Waals surface area contributed by atoms with Crippen LogP contribution >= 0.6 is 11.6 Å². The summed E-state index contributed by atoms with van der Waals surface area (Å²) in [6.45, 7) is 0.372. The Bertz CT molecular complexity index is 521. The van der Waals surface area contributed by atoms with Crippen molar-refractivity contribution in [1.82, 2.24) is 0 Å². The van der Waals surface area contributed by atoms with E-state index in [9.17, 15) is 14.5 Å². The fourth-order valence-electron chi connectivity index (χ4n) is 2.91. The zero-order valence-corrected chi connectivity index (χ0v) is 12.4. The molecular formula is C14H19ClFN3O2. The van der Waals surface area contributed by atoms with Gasteiger partial charge in [0.25, 0.3) is 5.69 Å². The molecule has 2 rings (SSSR count). The number of nitrogens with one attached hydrogen (secondary N) is 1. The molecule has 1 saturated carbocycles. The van der Waals surface area contributed by atoms with Crippen molar-refractivity contribution in [2.75, 3.05) is 11.9 Å². The lowest BCUT2D eigenvalue weighted by molar-refractivity contribution is -0.384. The summed E-state index contributed by atoms with van der Waals surface area (Å²) in [6.07, 6.45) is 5.62. The van der Waals surface area contributed by atoms with Gasteiger partial charge in [-0.3, -0.25) is 10.1 Å². The summed E-state index contributed by atoms with van der Waals surface area (Å²) >= 11 is 5.73. The number of hydrogen-bond acceptors (Lipinski definition) is 4. The number of rotatable bonds is 5. The highest BCUT2D eigenvalue weighted by Crippen LogP contribution is 2.33. The molecule has 1 fully saturated rings. The fourth-order valence-corrected chi connectivity index (χ4v) is 3.07. The molecule has 1 aliphatic carbocycles. The molecule has 0 amide bonds. The standard InChI is InChI=1S/C14H19ClFN3O2/c15-10-6-12(14(19(20)21)7-11(10)16)18-13(8-17)9-4-2-1-3-5-9/h6-7,9,13,18H,1-5,8,17H2. The maximum Gasteiger partial charge on any atom is 0.295 e. The number of halogens is 2. The van der Waals surface area contributed by atoms with Gasteiger partial charge in [-0.1, -0.05) is 30.9 Å². The third-order valence-electron chi connectivity index (χ3n) is 4.05. The van der Waals surface area contributed by atoms with Gasteiger partial charge in [-0.05, 0) is 24.8 Å². The largest absolute Gasteiger partial charge is 0.375 e. The minimum absolute atomic E-state index is 0.0643. The van der Waals surface area contributed by atoms with Gasteiger partial charge in [-0.15, -0.1) is 0 Å². The van der Waals surface area contributed by atoms with Crippen LogP contribution in [0.5, 0.6) is 0 Å². The summed E-state index contributed by atoms with van der Waals surface area (Å²) in [4.78, 5) is 10.4. The van der Waals surface area contributed by atoms with Gasteiger partial charge in [0.1, 0.15) is 11.5 Å². The Morgan fingerprint density at radius 1 is 1.43 bits per heavy atom. The molecule has 3 N–H and O–H groups in total. The van der Waals surface area contributed by atoms with E-state index in [0.29, 0.717) is 12.5 Å². The maximum absolute atomic E-state index is 13.4. The Labute approximate surface area is 127 Å². The van der Waals surface area contributed by atoms with Gasteiger partial charge in [-0.25, -0.2) is 4.39 Å². The van der Waals surface area contributed by atoms with Gasteiger partial charge >= 0.3 is 0 Å². The molecule has 0 spiro atoms. The molecule has 1 atom stereocenters. The second-order valence-electron chi connectivity index (χ2n) is 5.43. The Hall–Kier alpha value is -1.40. The smallest absolute Gasteiger partial charge is 0.295 e. The van der Waals surface area contributed by atoms with Gasteiger partial charge in [-0.2, -0.15) is 0 Å². The van der Waals surface area contributed by atoms with Crippen LogP contribution in [-0.4, -0.2) is 17.5 Å².